The van der Waals surface area contributed by atoms with E-state index in [0.29, 0.717) is 0 Å². The summed E-state index contributed by atoms with van der Waals surface area (Å²) in [5.74, 6) is 0. The van der Waals surface area contributed by atoms with Gasteiger partial charge in [-0.15, -0.1) is 0 Å². The molecule has 0 N–H and O–H groups in total. The molecule has 1 rings (SSSR count). The van der Waals surface area contributed by atoms with Gasteiger partial charge in [0, 0.05) is 16.4 Å². The number of aryl methyl sites for hydroxylation is 4. The van der Waals surface area contributed by atoms with Crippen molar-refractivity contribution in [2.75, 3.05) is 0 Å². The minimum atomic E-state index is -3.05. The molecule has 0 radical (unpaired) electrons. The Labute approximate surface area is 78.2 Å². The van der Waals surface area contributed by atoms with Gasteiger partial charge in [0.05, 0.1) is 22.8 Å². The lowest BCUT2D eigenvalue weighted by molar-refractivity contribution is 0.959. The normalized spacial score (nSPS) is 32.8. The standard InChI is InChI=1S/C8H12N2/c1-5-6(2)10-8(4)7(3)9-5/h1-4H3/i1D3,2D3,3D3,4D3. The Morgan fingerprint density at radius 2 is 1.10 bits per heavy atom. The average Bonchev–Trinajstić information content (AvgIpc) is 2.22. The summed E-state index contributed by atoms with van der Waals surface area (Å²) in [6, 6.07) is 0. The summed E-state index contributed by atoms with van der Waals surface area (Å²) < 4.78 is 87.3. The lowest BCUT2D eigenvalue weighted by Crippen LogP contribution is -1.97. The maximum atomic E-state index is 7.28. The van der Waals surface area contributed by atoms with Crippen LogP contribution in [0.25, 0.3) is 0 Å². The molecule has 0 fully saturated rings. The lowest BCUT2D eigenvalue weighted by atomic mass is 10.3. The maximum Gasteiger partial charge on any atom is 0.0588 e. The number of hydrogen-bond donors (Lipinski definition) is 0. The number of hydrogen-bond acceptors (Lipinski definition) is 2. The Balaban J connectivity index is 3.90. The summed E-state index contributed by atoms with van der Waals surface area (Å²) in [7, 11) is 0. The molecule has 2 heteroatoms. The van der Waals surface area contributed by atoms with E-state index in [4.69, 9.17) is 16.4 Å². The maximum absolute atomic E-state index is 7.28. The van der Waals surface area contributed by atoms with Crippen LogP contribution in [0.1, 0.15) is 39.2 Å². The predicted molar refractivity (Wildman–Crippen MR) is 41.0 cm³/mol. The second-order valence-corrected chi connectivity index (χ2v) is 1.62. The van der Waals surface area contributed by atoms with Crippen LogP contribution in [0.3, 0.4) is 0 Å². The number of rotatable bonds is 0. The molecule has 1 aromatic heterocycles. The van der Waals surface area contributed by atoms with Gasteiger partial charge in [-0.3, -0.25) is 9.97 Å². The summed E-state index contributed by atoms with van der Waals surface area (Å²) in [4.78, 5) is 6.68. The van der Waals surface area contributed by atoms with Crippen molar-refractivity contribution in [2.24, 2.45) is 0 Å². The molecule has 10 heavy (non-hydrogen) atoms. The van der Waals surface area contributed by atoms with E-state index in [0.717, 1.165) is 0 Å². The molecular formula is C8H12N2. The van der Waals surface area contributed by atoms with Gasteiger partial charge in [-0.05, 0) is 27.4 Å². The molecule has 0 saturated heterocycles. The van der Waals surface area contributed by atoms with Crippen molar-refractivity contribution in [3.05, 3.63) is 22.8 Å². The molecule has 0 aliphatic heterocycles. The molecule has 1 aromatic rings. The molecular weight excluding hydrogens is 124 g/mol. The Morgan fingerprint density at radius 1 is 0.800 bits per heavy atom. The van der Waals surface area contributed by atoms with Gasteiger partial charge in [0.25, 0.3) is 0 Å². The highest BCUT2D eigenvalue weighted by Crippen LogP contribution is 2.04. The largest absolute Gasteiger partial charge is 0.255 e. The first-order valence-electron chi connectivity index (χ1n) is 8.39. The predicted octanol–water partition coefficient (Wildman–Crippen LogP) is 1.71. The third-order valence-corrected chi connectivity index (χ3v) is 0.896. The van der Waals surface area contributed by atoms with Gasteiger partial charge in [-0.25, -0.2) is 0 Å². The van der Waals surface area contributed by atoms with Crippen molar-refractivity contribution in [1.29, 1.82) is 0 Å². The average molecular weight is 148 g/mol. The van der Waals surface area contributed by atoms with Crippen LogP contribution < -0.4 is 0 Å². The first kappa shape index (κ1) is 1.33. The first-order valence-corrected chi connectivity index (χ1v) is 2.39. The van der Waals surface area contributed by atoms with Gasteiger partial charge in [-0.2, -0.15) is 0 Å². The highest BCUT2D eigenvalue weighted by molar-refractivity contribution is 5.16. The third kappa shape index (κ3) is 1.15. The smallest absolute Gasteiger partial charge is 0.0588 e. The second kappa shape index (κ2) is 2.37. The van der Waals surface area contributed by atoms with Gasteiger partial charge >= 0.3 is 0 Å². The molecule has 0 atom stereocenters. The Hall–Kier alpha value is -0.920. The van der Waals surface area contributed by atoms with E-state index in [1.54, 1.807) is 0 Å². The van der Waals surface area contributed by atoms with Crippen molar-refractivity contribution in [3.8, 4) is 0 Å². The molecule has 0 spiro atoms. The summed E-state index contributed by atoms with van der Waals surface area (Å²) in [5.41, 5.74) is -4.14. The zero-order valence-corrected chi connectivity index (χ0v) is 4.89. The fourth-order valence-electron chi connectivity index (χ4n) is 0.435. The Bertz CT molecular complexity index is 462. The zero-order valence-electron chi connectivity index (χ0n) is 16.9. The Morgan fingerprint density at radius 3 is 1.30 bits per heavy atom. The molecule has 54 valence electrons. The van der Waals surface area contributed by atoms with Crippen molar-refractivity contribution in [2.45, 2.75) is 27.4 Å². The SMILES string of the molecule is [2H]C([2H])([2H])c1nc(C([2H])([2H])[2H])c(C([2H])([2H])[2H])nc1C([2H])([2H])[2H]. The van der Waals surface area contributed by atoms with Crippen molar-refractivity contribution < 1.29 is 16.4 Å². The van der Waals surface area contributed by atoms with Gasteiger partial charge in [0.1, 0.15) is 0 Å². The van der Waals surface area contributed by atoms with E-state index in [-0.39, 0.29) is 0 Å². The molecule has 1 heterocycles. The van der Waals surface area contributed by atoms with Gasteiger partial charge in [0.2, 0.25) is 0 Å². The first-order chi connectivity index (χ1) is 9.45. The highest BCUT2D eigenvalue weighted by atomic mass is 14.8. The molecule has 0 aromatic carbocycles. The van der Waals surface area contributed by atoms with E-state index in [1.165, 1.54) is 0 Å². The van der Waals surface area contributed by atoms with Crippen LogP contribution in [-0.4, -0.2) is 9.97 Å². The van der Waals surface area contributed by atoms with Crippen LogP contribution in [0, 0.1) is 27.4 Å². The second-order valence-electron chi connectivity index (χ2n) is 1.62. The van der Waals surface area contributed by atoms with Gasteiger partial charge < -0.3 is 0 Å². The van der Waals surface area contributed by atoms with E-state index >= 15 is 0 Å². The Kier molecular flexibility index (Phi) is 0.316. The zero-order chi connectivity index (χ0) is 17.7. The van der Waals surface area contributed by atoms with Crippen LogP contribution in [0.4, 0.5) is 0 Å². The summed E-state index contributed by atoms with van der Waals surface area (Å²) >= 11 is 0. The van der Waals surface area contributed by atoms with E-state index in [2.05, 4.69) is 9.97 Å². The summed E-state index contributed by atoms with van der Waals surface area (Å²) in [6.45, 7) is -12.2. The lowest BCUT2D eigenvalue weighted by Gasteiger charge is -2.01. The van der Waals surface area contributed by atoms with Crippen LogP contribution in [0.5, 0.6) is 0 Å². The molecule has 0 aliphatic rings. The minimum Gasteiger partial charge on any atom is -0.255 e. The van der Waals surface area contributed by atoms with E-state index < -0.39 is 50.2 Å². The third-order valence-electron chi connectivity index (χ3n) is 0.896. The molecule has 0 bridgehead atoms. The number of nitrogens with zero attached hydrogens (tertiary/aromatic N) is 2. The summed E-state index contributed by atoms with van der Waals surface area (Å²) in [6.07, 6.45) is 0. The van der Waals surface area contributed by atoms with Crippen molar-refractivity contribution in [1.82, 2.24) is 9.97 Å². The summed E-state index contributed by atoms with van der Waals surface area (Å²) in [5, 5.41) is 0. The number of aromatic nitrogens is 2. The fourth-order valence-corrected chi connectivity index (χ4v) is 0.435. The molecule has 0 aliphatic carbocycles. The van der Waals surface area contributed by atoms with Gasteiger partial charge in [0.15, 0.2) is 0 Å². The topological polar surface area (TPSA) is 25.8 Å². The molecule has 0 saturated carbocycles. The van der Waals surface area contributed by atoms with Crippen LogP contribution in [-0.2, 0) is 0 Å². The molecule has 0 unspecified atom stereocenters. The quantitative estimate of drug-likeness (QED) is 0.560. The van der Waals surface area contributed by atoms with Crippen molar-refractivity contribution in [3.63, 3.8) is 0 Å². The van der Waals surface area contributed by atoms with Crippen LogP contribution in [0.15, 0.2) is 0 Å². The van der Waals surface area contributed by atoms with Crippen LogP contribution in [0.2, 0.25) is 0 Å². The highest BCUT2D eigenvalue weighted by Gasteiger charge is 1.98. The van der Waals surface area contributed by atoms with Crippen LogP contribution >= 0.6 is 0 Å². The monoisotopic (exact) mass is 148 g/mol. The molecule has 0 amide bonds. The fraction of sp³-hybridized carbons (Fsp3) is 0.500. The van der Waals surface area contributed by atoms with Crippen molar-refractivity contribution >= 4 is 0 Å². The van der Waals surface area contributed by atoms with E-state index in [9.17, 15) is 0 Å². The van der Waals surface area contributed by atoms with E-state index in [1.807, 2.05) is 0 Å². The molecule has 2 nitrogen and oxygen atoms in total. The van der Waals surface area contributed by atoms with Gasteiger partial charge in [-0.1, -0.05) is 0 Å². The minimum absolute atomic E-state index is 1.04.